The summed E-state index contributed by atoms with van der Waals surface area (Å²) in [6.07, 6.45) is 3.12. The van der Waals surface area contributed by atoms with E-state index in [0.717, 1.165) is 17.7 Å². The molecule has 1 aromatic rings. The summed E-state index contributed by atoms with van der Waals surface area (Å²) in [5.74, 6) is -2.87. The zero-order valence-electron chi connectivity index (χ0n) is 17.9. The lowest BCUT2D eigenvalue weighted by molar-refractivity contribution is -0.159. The molecule has 1 aliphatic carbocycles. The number of fused-ring (bicyclic) bond motifs is 1. The molecule has 9 nitrogen and oxygen atoms in total. The van der Waals surface area contributed by atoms with Crippen molar-refractivity contribution in [2.24, 2.45) is 11.8 Å². The molecule has 9 heteroatoms. The largest absolute Gasteiger partial charge is 0.454 e. The van der Waals surface area contributed by atoms with E-state index in [1.54, 1.807) is 38.4 Å². The highest BCUT2D eigenvalue weighted by atomic mass is 16.5. The predicted octanol–water partition coefficient (Wildman–Crippen LogP) is 1.43. The molecule has 1 saturated heterocycles. The highest BCUT2D eigenvalue weighted by Crippen LogP contribution is 2.38. The Balaban J connectivity index is 1.52. The minimum atomic E-state index is -1.07. The van der Waals surface area contributed by atoms with Crippen molar-refractivity contribution in [1.29, 1.82) is 0 Å². The second kappa shape index (κ2) is 9.28. The number of likely N-dealkylation sites (tertiary alicyclic amines) is 1. The fraction of sp³-hybridized carbons (Fsp3) is 0.500. The van der Waals surface area contributed by atoms with E-state index >= 15 is 0 Å². The Labute approximate surface area is 180 Å². The third-order valence-corrected chi connectivity index (χ3v) is 5.77. The number of esters is 1. The normalized spacial score (nSPS) is 21.3. The van der Waals surface area contributed by atoms with Gasteiger partial charge in [-0.05, 0) is 44.0 Å². The Bertz CT molecular complexity index is 871. The highest BCUT2D eigenvalue weighted by molar-refractivity contribution is 6.08. The van der Waals surface area contributed by atoms with E-state index in [4.69, 9.17) is 4.74 Å². The maximum Gasteiger partial charge on any atom is 0.329 e. The van der Waals surface area contributed by atoms with Gasteiger partial charge in [0.2, 0.25) is 11.8 Å². The third-order valence-electron chi connectivity index (χ3n) is 5.77. The van der Waals surface area contributed by atoms with Crippen LogP contribution in [-0.2, 0) is 23.9 Å². The maximum atomic E-state index is 12.6. The van der Waals surface area contributed by atoms with Crippen molar-refractivity contribution >= 4 is 35.3 Å². The van der Waals surface area contributed by atoms with Crippen LogP contribution in [0, 0.1) is 11.8 Å². The van der Waals surface area contributed by atoms with Gasteiger partial charge in [-0.1, -0.05) is 12.8 Å². The van der Waals surface area contributed by atoms with Crippen LogP contribution in [0.4, 0.5) is 5.69 Å². The number of rotatable bonds is 6. The van der Waals surface area contributed by atoms with Gasteiger partial charge in [0.15, 0.2) is 6.61 Å². The van der Waals surface area contributed by atoms with E-state index in [0.29, 0.717) is 24.1 Å². The number of benzene rings is 1. The van der Waals surface area contributed by atoms with Crippen LogP contribution < -0.4 is 5.32 Å². The van der Waals surface area contributed by atoms with Crippen molar-refractivity contribution in [2.45, 2.75) is 38.6 Å². The molecule has 1 N–H and O–H groups in total. The zero-order valence-corrected chi connectivity index (χ0v) is 17.9. The fourth-order valence-electron chi connectivity index (χ4n) is 4.08. The van der Waals surface area contributed by atoms with Crippen LogP contribution in [0.25, 0.3) is 0 Å². The first-order valence-corrected chi connectivity index (χ1v) is 10.4. The van der Waals surface area contributed by atoms with Gasteiger partial charge in [-0.3, -0.25) is 24.1 Å². The minimum Gasteiger partial charge on any atom is -0.454 e. The maximum absolute atomic E-state index is 12.6. The lowest BCUT2D eigenvalue weighted by Crippen LogP contribution is -2.45. The Hall–Kier alpha value is -3.23. The molecule has 0 radical (unpaired) electrons. The molecule has 3 atom stereocenters. The molecular formula is C22H27N3O6. The lowest BCUT2D eigenvalue weighted by atomic mass is 9.81. The van der Waals surface area contributed by atoms with Crippen LogP contribution in [-0.4, -0.2) is 66.1 Å². The van der Waals surface area contributed by atoms with Crippen molar-refractivity contribution in [3.8, 4) is 0 Å². The summed E-state index contributed by atoms with van der Waals surface area (Å²) in [4.78, 5) is 64.0. The molecule has 3 unspecified atom stereocenters. The average molecular weight is 429 g/mol. The van der Waals surface area contributed by atoms with Crippen molar-refractivity contribution in [2.75, 3.05) is 26.0 Å². The summed E-state index contributed by atoms with van der Waals surface area (Å²) in [5, 5.41) is 2.57. The van der Waals surface area contributed by atoms with Crippen LogP contribution >= 0.6 is 0 Å². The molecule has 166 valence electrons. The van der Waals surface area contributed by atoms with Gasteiger partial charge in [0.05, 0.1) is 11.8 Å². The molecule has 2 fully saturated rings. The fourth-order valence-corrected chi connectivity index (χ4v) is 4.08. The molecule has 31 heavy (non-hydrogen) atoms. The van der Waals surface area contributed by atoms with Crippen molar-refractivity contribution in [1.82, 2.24) is 9.80 Å². The molecule has 0 aromatic heterocycles. The lowest BCUT2D eigenvalue weighted by Gasteiger charge is -2.21. The summed E-state index contributed by atoms with van der Waals surface area (Å²) in [5.41, 5.74) is 0.919. The number of hydrogen-bond donors (Lipinski definition) is 1. The summed E-state index contributed by atoms with van der Waals surface area (Å²) < 4.78 is 5.04. The van der Waals surface area contributed by atoms with E-state index in [1.165, 1.54) is 11.8 Å². The number of nitrogens with one attached hydrogen (secondary N) is 1. The molecule has 1 saturated carbocycles. The average Bonchev–Trinajstić information content (AvgIpc) is 3.02. The number of imide groups is 1. The van der Waals surface area contributed by atoms with Gasteiger partial charge in [0.1, 0.15) is 6.04 Å². The Kier molecular flexibility index (Phi) is 6.72. The number of nitrogens with zero attached hydrogens (tertiary/aromatic N) is 2. The van der Waals surface area contributed by atoms with Crippen molar-refractivity contribution in [3.63, 3.8) is 0 Å². The molecule has 2 aliphatic rings. The van der Waals surface area contributed by atoms with E-state index in [-0.39, 0.29) is 29.6 Å². The number of ether oxygens (including phenoxy) is 1. The van der Waals surface area contributed by atoms with E-state index in [1.807, 2.05) is 0 Å². The van der Waals surface area contributed by atoms with E-state index in [9.17, 15) is 24.0 Å². The second-order valence-electron chi connectivity index (χ2n) is 8.15. The van der Waals surface area contributed by atoms with Crippen molar-refractivity contribution < 1.29 is 28.7 Å². The quantitative estimate of drug-likeness (QED) is 0.541. The molecule has 4 amide bonds. The highest BCUT2D eigenvalue weighted by Gasteiger charge is 2.51. The van der Waals surface area contributed by atoms with Gasteiger partial charge < -0.3 is 15.0 Å². The van der Waals surface area contributed by atoms with Crippen molar-refractivity contribution in [3.05, 3.63) is 29.8 Å². The predicted molar refractivity (Wildman–Crippen MR) is 111 cm³/mol. The number of amides is 4. The van der Waals surface area contributed by atoms with Gasteiger partial charge in [0, 0.05) is 25.3 Å². The van der Waals surface area contributed by atoms with Crippen LogP contribution in [0.3, 0.4) is 0 Å². The van der Waals surface area contributed by atoms with E-state index in [2.05, 4.69) is 5.32 Å². The minimum absolute atomic E-state index is 0.161. The standard InChI is InChI=1S/C22H27N3O6/c1-13(25-20(28)16-6-4-5-7-17(16)21(25)29)22(30)31-12-18(26)23-15-10-8-14(9-11-15)19(27)24(2)3/h8-11,13,16-17H,4-7,12H2,1-3H3,(H,23,26). The first kappa shape index (κ1) is 22.5. The Morgan fingerprint density at radius 2 is 1.61 bits per heavy atom. The smallest absolute Gasteiger partial charge is 0.329 e. The summed E-state index contributed by atoms with van der Waals surface area (Å²) in [6.45, 7) is 0.887. The molecule has 3 rings (SSSR count). The number of hydrogen-bond acceptors (Lipinski definition) is 6. The molecule has 0 bridgehead atoms. The van der Waals surface area contributed by atoms with Gasteiger partial charge in [-0.15, -0.1) is 0 Å². The SMILES string of the molecule is CC(C(=O)OCC(=O)Nc1ccc(C(=O)N(C)C)cc1)N1C(=O)C2CCCCC2C1=O. The summed E-state index contributed by atoms with van der Waals surface area (Å²) in [7, 11) is 3.29. The molecular weight excluding hydrogens is 402 g/mol. The first-order chi connectivity index (χ1) is 14.7. The molecule has 1 aliphatic heterocycles. The number of carbonyl (C=O) groups is 5. The van der Waals surface area contributed by atoms with Crippen LogP contribution in [0.2, 0.25) is 0 Å². The van der Waals surface area contributed by atoms with Gasteiger partial charge >= 0.3 is 5.97 Å². The Morgan fingerprint density at radius 3 is 2.13 bits per heavy atom. The number of carbonyl (C=O) groups excluding carboxylic acids is 5. The van der Waals surface area contributed by atoms with Gasteiger partial charge in [0.25, 0.3) is 11.8 Å². The zero-order chi connectivity index (χ0) is 22.7. The topological polar surface area (TPSA) is 113 Å². The monoisotopic (exact) mass is 429 g/mol. The summed E-state index contributed by atoms with van der Waals surface area (Å²) >= 11 is 0. The first-order valence-electron chi connectivity index (χ1n) is 10.4. The molecule has 1 aromatic carbocycles. The number of anilines is 1. The van der Waals surface area contributed by atoms with Crippen LogP contribution in [0.5, 0.6) is 0 Å². The van der Waals surface area contributed by atoms with Crippen LogP contribution in [0.15, 0.2) is 24.3 Å². The molecule has 0 spiro atoms. The van der Waals surface area contributed by atoms with Gasteiger partial charge in [-0.25, -0.2) is 4.79 Å². The van der Waals surface area contributed by atoms with E-state index < -0.39 is 24.5 Å². The van der Waals surface area contributed by atoms with Crippen LogP contribution in [0.1, 0.15) is 43.0 Å². The third kappa shape index (κ3) is 4.76. The summed E-state index contributed by atoms with van der Waals surface area (Å²) in [6, 6.07) is 5.23. The van der Waals surface area contributed by atoms with Gasteiger partial charge in [-0.2, -0.15) is 0 Å². The second-order valence-corrected chi connectivity index (χ2v) is 8.15. The molecule has 1 heterocycles. The Morgan fingerprint density at radius 1 is 1.06 bits per heavy atom.